The van der Waals surface area contributed by atoms with E-state index in [-0.39, 0.29) is 30.4 Å². The summed E-state index contributed by atoms with van der Waals surface area (Å²) in [4.78, 5) is 39.6. The molecule has 0 bridgehead atoms. The number of alkyl carbamates (subject to hydrolysis) is 1. The van der Waals surface area contributed by atoms with Gasteiger partial charge in [0, 0.05) is 19.1 Å². The van der Waals surface area contributed by atoms with Crippen LogP contribution in [0.25, 0.3) is 0 Å². The van der Waals surface area contributed by atoms with Gasteiger partial charge in [-0.2, -0.15) is 0 Å². The molecular weight excluding hydrogens is 324 g/mol. The Morgan fingerprint density at radius 2 is 1.84 bits per heavy atom. The van der Waals surface area contributed by atoms with Gasteiger partial charge in [-0.15, -0.1) is 0 Å². The number of nitrogens with one attached hydrogen (secondary N) is 1. The van der Waals surface area contributed by atoms with Crippen LogP contribution in [0.2, 0.25) is 0 Å². The van der Waals surface area contributed by atoms with Gasteiger partial charge < -0.3 is 20.7 Å². The van der Waals surface area contributed by atoms with Gasteiger partial charge in [0.1, 0.15) is 12.1 Å². The smallest absolute Gasteiger partial charge is 0.408 e. The van der Waals surface area contributed by atoms with Crippen LogP contribution in [-0.2, 0) is 14.3 Å². The van der Waals surface area contributed by atoms with Gasteiger partial charge in [0.25, 0.3) is 0 Å². The molecule has 0 aromatic rings. The molecule has 0 aromatic carbocycles. The van der Waals surface area contributed by atoms with Crippen LogP contribution in [0.4, 0.5) is 4.79 Å². The van der Waals surface area contributed by atoms with Crippen molar-refractivity contribution >= 4 is 17.9 Å². The maximum absolute atomic E-state index is 12.4. The lowest BCUT2D eigenvalue weighted by Crippen LogP contribution is -2.55. The monoisotopic (exact) mass is 354 g/mol. The highest BCUT2D eigenvalue weighted by atomic mass is 16.6. The Balaban J connectivity index is 1.85. The first-order valence-electron chi connectivity index (χ1n) is 8.97. The largest absolute Gasteiger partial charge is 0.444 e. The second-order valence-electron chi connectivity index (χ2n) is 7.79. The molecule has 2 aliphatic rings. The zero-order valence-corrected chi connectivity index (χ0v) is 15.4. The Bertz CT molecular complexity index is 517. The Morgan fingerprint density at radius 3 is 2.48 bits per heavy atom. The number of nitrogens with two attached hydrogens (primary N) is 1. The van der Waals surface area contributed by atoms with E-state index in [9.17, 15) is 14.4 Å². The van der Waals surface area contributed by atoms with Crippen molar-refractivity contribution in [1.82, 2.24) is 15.1 Å². The number of ether oxygens (including phenoxy) is 1. The van der Waals surface area contributed by atoms with Crippen LogP contribution in [0.1, 0.15) is 46.5 Å². The summed E-state index contributed by atoms with van der Waals surface area (Å²) in [7, 11) is 0. The predicted molar refractivity (Wildman–Crippen MR) is 92.8 cm³/mol. The number of nitrogens with zero attached hydrogens (tertiary/aromatic N) is 2. The lowest BCUT2D eigenvalue weighted by molar-refractivity contribution is -0.132. The average Bonchev–Trinajstić information content (AvgIpc) is 3.01. The van der Waals surface area contributed by atoms with Crippen LogP contribution in [0.3, 0.4) is 0 Å². The summed E-state index contributed by atoms with van der Waals surface area (Å²) in [5, 5.41) is 2.51. The van der Waals surface area contributed by atoms with Crippen molar-refractivity contribution in [3.63, 3.8) is 0 Å². The Morgan fingerprint density at radius 1 is 1.16 bits per heavy atom. The molecular formula is C17H30N4O4. The summed E-state index contributed by atoms with van der Waals surface area (Å²) in [6.45, 7) is 7.31. The van der Waals surface area contributed by atoms with Crippen LogP contribution >= 0.6 is 0 Å². The summed E-state index contributed by atoms with van der Waals surface area (Å²) in [5.41, 5.74) is 4.90. The van der Waals surface area contributed by atoms with Crippen molar-refractivity contribution in [2.45, 2.75) is 64.1 Å². The summed E-state index contributed by atoms with van der Waals surface area (Å²) >= 11 is 0. The van der Waals surface area contributed by atoms with Gasteiger partial charge in [0.15, 0.2) is 0 Å². The van der Waals surface area contributed by atoms with Gasteiger partial charge in [-0.25, -0.2) is 4.79 Å². The number of carbonyl (C=O) groups is 3. The molecule has 8 heteroatoms. The first kappa shape index (κ1) is 19.5. The van der Waals surface area contributed by atoms with Gasteiger partial charge in [-0.05, 0) is 53.0 Å². The number of likely N-dealkylation sites (tertiary alicyclic amines) is 2. The number of piperidine rings is 1. The fourth-order valence-electron chi connectivity index (χ4n) is 3.56. The number of hydrogen-bond acceptors (Lipinski definition) is 5. The highest BCUT2D eigenvalue weighted by Gasteiger charge is 2.36. The van der Waals surface area contributed by atoms with Gasteiger partial charge in [0.05, 0.1) is 6.04 Å². The summed E-state index contributed by atoms with van der Waals surface area (Å²) < 4.78 is 5.14. The molecule has 25 heavy (non-hydrogen) atoms. The summed E-state index contributed by atoms with van der Waals surface area (Å²) in [6, 6.07) is -0.0702. The predicted octanol–water partition coefficient (Wildman–Crippen LogP) is 0.452. The number of hydrogen-bond donors (Lipinski definition) is 2. The van der Waals surface area contributed by atoms with Crippen LogP contribution in [0.15, 0.2) is 0 Å². The SMILES string of the molecule is CC(C)(C)OC(=O)NCC(=O)N1CCC[C@H](N2CCC[C@H]2C(N)=O)C1. The molecule has 2 fully saturated rings. The lowest BCUT2D eigenvalue weighted by Gasteiger charge is -2.39. The molecule has 0 unspecified atom stereocenters. The first-order chi connectivity index (χ1) is 11.7. The van der Waals surface area contributed by atoms with E-state index in [1.165, 1.54) is 0 Å². The van der Waals surface area contributed by atoms with E-state index in [0.29, 0.717) is 13.1 Å². The third-order valence-electron chi connectivity index (χ3n) is 4.62. The zero-order chi connectivity index (χ0) is 18.6. The van der Waals surface area contributed by atoms with Gasteiger partial charge in [-0.1, -0.05) is 0 Å². The van der Waals surface area contributed by atoms with E-state index < -0.39 is 11.7 Å². The van der Waals surface area contributed by atoms with E-state index in [1.54, 1.807) is 25.7 Å². The topological polar surface area (TPSA) is 105 Å². The van der Waals surface area contributed by atoms with Crippen molar-refractivity contribution in [3.8, 4) is 0 Å². The number of amides is 3. The fraction of sp³-hybridized carbons (Fsp3) is 0.824. The lowest BCUT2D eigenvalue weighted by atomic mass is 10.0. The minimum Gasteiger partial charge on any atom is -0.444 e. The van der Waals surface area contributed by atoms with Crippen molar-refractivity contribution in [2.24, 2.45) is 5.73 Å². The van der Waals surface area contributed by atoms with Crippen molar-refractivity contribution in [2.75, 3.05) is 26.2 Å². The Labute approximate surface area is 149 Å². The Hall–Kier alpha value is -1.83. The van der Waals surface area contributed by atoms with E-state index in [1.807, 2.05) is 0 Å². The van der Waals surface area contributed by atoms with Crippen molar-refractivity contribution in [3.05, 3.63) is 0 Å². The molecule has 3 amide bonds. The molecule has 0 spiro atoms. The molecule has 0 radical (unpaired) electrons. The molecule has 0 aliphatic carbocycles. The van der Waals surface area contributed by atoms with Crippen LogP contribution in [0.5, 0.6) is 0 Å². The minimum absolute atomic E-state index is 0.0825. The number of primary amides is 1. The van der Waals surface area contributed by atoms with E-state index in [4.69, 9.17) is 10.5 Å². The van der Waals surface area contributed by atoms with Crippen molar-refractivity contribution in [1.29, 1.82) is 0 Å². The molecule has 2 aliphatic heterocycles. The van der Waals surface area contributed by atoms with Gasteiger partial charge >= 0.3 is 6.09 Å². The molecule has 0 saturated carbocycles. The van der Waals surface area contributed by atoms with E-state index in [2.05, 4.69) is 10.2 Å². The summed E-state index contributed by atoms with van der Waals surface area (Å²) in [5.74, 6) is -0.419. The average molecular weight is 354 g/mol. The molecule has 2 saturated heterocycles. The standard InChI is InChI=1S/C17H30N4O4/c1-17(2,3)25-16(24)19-10-14(22)20-8-4-6-12(11-20)21-9-5-7-13(21)15(18)23/h12-13H,4-11H2,1-3H3,(H2,18,23)(H,19,24)/t12-,13-/m0/s1. The maximum Gasteiger partial charge on any atom is 0.408 e. The van der Waals surface area contributed by atoms with Crippen molar-refractivity contribution < 1.29 is 19.1 Å². The van der Waals surface area contributed by atoms with Gasteiger partial charge in [0.2, 0.25) is 11.8 Å². The molecule has 8 nitrogen and oxygen atoms in total. The summed E-state index contributed by atoms with van der Waals surface area (Å²) in [6.07, 6.45) is 2.98. The molecule has 142 valence electrons. The molecule has 3 N–H and O–H groups in total. The molecule has 2 rings (SSSR count). The molecule has 0 aromatic heterocycles. The second-order valence-corrected chi connectivity index (χ2v) is 7.79. The second kappa shape index (κ2) is 8.03. The zero-order valence-electron chi connectivity index (χ0n) is 15.4. The minimum atomic E-state index is -0.595. The quantitative estimate of drug-likeness (QED) is 0.763. The molecule has 2 heterocycles. The number of rotatable bonds is 4. The third kappa shape index (κ3) is 5.59. The first-order valence-corrected chi connectivity index (χ1v) is 8.97. The molecule has 2 atom stereocenters. The number of carbonyl (C=O) groups excluding carboxylic acids is 3. The van der Waals surface area contributed by atoms with Crippen LogP contribution < -0.4 is 11.1 Å². The Kier molecular flexibility index (Phi) is 6.26. The fourth-order valence-corrected chi connectivity index (χ4v) is 3.56. The van der Waals surface area contributed by atoms with E-state index >= 15 is 0 Å². The highest BCUT2D eigenvalue weighted by molar-refractivity contribution is 5.82. The van der Waals surface area contributed by atoms with E-state index in [0.717, 1.165) is 32.2 Å². The normalized spacial score (nSPS) is 24.8. The third-order valence-corrected chi connectivity index (χ3v) is 4.62. The van der Waals surface area contributed by atoms with Gasteiger partial charge in [-0.3, -0.25) is 14.5 Å². The highest BCUT2D eigenvalue weighted by Crippen LogP contribution is 2.25. The maximum atomic E-state index is 12.4. The van der Waals surface area contributed by atoms with Crippen LogP contribution in [-0.4, -0.2) is 71.6 Å². The van der Waals surface area contributed by atoms with Crippen LogP contribution in [0, 0.1) is 0 Å².